The van der Waals surface area contributed by atoms with Crippen LogP contribution in [0, 0.1) is 0 Å². The summed E-state index contributed by atoms with van der Waals surface area (Å²) in [5.41, 5.74) is 1.78. The fourth-order valence-electron chi connectivity index (χ4n) is 1.72. The molecule has 4 heteroatoms. The predicted octanol–water partition coefficient (Wildman–Crippen LogP) is 3.29. The van der Waals surface area contributed by atoms with E-state index in [9.17, 15) is 5.11 Å². The number of hydrogen-bond donors (Lipinski definition) is 1. The van der Waals surface area contributed by atoms with E-state index < -0.39 is 6.10 Å². The van der Waals surface area contributed by atoms with Gasteiger partial charge in [-0.3, -0.25) is 0 Å². The number of benzene rings is 1. The van der Waals surface area contributed by atoms with Crippen LogP contribution in [0.4, 0.5) is 0 Å². The van der Waals surface area contributed by atoms with Gasteiger partial charge >= 0.3 is 0 Å². The zero-order valence-corrected chi connectivity index (χ0v) is 11.3. The first-order valence-corrected chi connectivity index (χ1v) is 6.41. The number of halogens is 1. The third-order valence-corrected chi connectivity index (χ3v) is 3.16. The predicted molar refractivity (Wildman–Crippen MR) is 72.4 cm³/mol. The average molecular weight is 269 g/mol. The molecule has 18 heavy (non-hydrogen) atoms. The number of aliphatic hydroxyl groups is 1. The molecule has 0 radical (unpaired) electrons. The molecule has 0 aliphatic carbocycles. The Morgan fingerprint density at radius 2 is 2.11 bits per heavy atom. The molecule has 0 aromatic heterocycles. The van der Waals surface area contributed by atoms with Gasteiger partial charge in [0.05, 0.1) is 24.3 Å². The van der Waals surface area contributed by atoms with E-state index in [-0.39, 0.29) is 0 Å². The van der Waals surface area contributed by atoms with Gasteiger partial charge in [-0.05, 0) is 37.1 Å². The second-order valence-corrected chi connectivity index (χ2v) is 4.85. The number of hydrogen-bond acceptors (Lipinski definition) is 3. The van der Waals surface area contributed by atoms with Gasteiger partial charge in [-0.25, -0.2) is 0 Å². The lowest BCUT2D eigenvalue weighted by molar-refractivity contribution is 0.232. The highest BCUT2D eigenvalue weighted by atomic mass is 35.5. The van der Waals surface area contributed by atoms with Gasteiger partial charge in [0.2, 0.25) is 0 Å². The summed E-state index contributed by atoms with van der Waals surface area (Å²) in [5, 5.41) is 10.0. The average Bonchev–Trinajstić information content (AvgIpc) is 2.54. The van der Waals surface area contributed by atoms with Crippen LogP contribution in [0.5, 0.6) is 11.5 Å². The van der Waals surface area contributed by atoms with Crippen LogP contribution in [0.3, 0.4) is 0 Å². The van der Waals surface area contributed by atoms with Crippen molar-refractivity contribution in [1.29, 1.82) is 0 Å². The van der Waals surface area contributed by atoms with Gasteiger partial charge in [-0.2, -0.15) is 0 Å². The molecular weight excluding hydrogens is 252 g/mol. The number of ether oxygens (including phenoxy) is 2. The second kappa shape index (κ2) is 5.63. The topological polar surface area (TPSA) is 38.7 Å². The van der Waals surface area contributed by atoms with E-state index in [2.05, 4.69) is 0 Å². The molecule has 1 aromatic carbocycles. The van der Waals surface area contributed by atoms with Crippen molar-refractivity contribution in [3.8, 4) is 11.5 Å². The Bertz CT molecular complexity index is 466. The lowest BCUT2D eigenvalue weighted by Crippen LogP contribution is -2.00. The Morgan fingerprint density at radius 1 is 1.39 bits per heavy atom. The van der Waals surface area contributed by atoms with E-state index in [1.54, 1.807) is 6.92 Å². The first kappa shape index (κ1) is 13.2. The molecule has 1 heterocycles. The molecule has 0 saturated heterocycles. The molecule has 1 unspecified atom stereocenters. The highest BCUT2D eigenvalue weighted by Gasteiger charge is 2.15. The van der Waals surface area contributed by atoms with Gasteiger partial charge in [0.25, 0.3) is 0 Å². The highest BCUT2D eigenvalue weighted by Crippen LogP contribution is 2.38. The van der Waals surface area contributed by atoms with Crippen molar-refractivity contribution in [3.63, 3.8) is 0 Å². The fourth-order valence-corrected chi connectivity index (χ4v) is 1.99. The van der Waals surface area contributed by atoms with Crippen molar-refractivity contribution in [1.82, 2.24) is 0 Å². The van der Waals surface area contributed by atoms with Gasteiger partial charge in [-0.15, -0.1) is 0 Å². The maximum Gasteiger partial charge on any atom is 0.179 e. The third kappa shape index (κ3) is 2.98. The second-order valence-electron chi connectivity index (χ2n) is 4.44. The van der Waals surface area contributed by atoms with Crippen molar-refractivity contribution in [3.05, 3.63) is 28.3 Å². The lowest BCUT2D eigenvalue weighted by Gasteiger charge is -2.11. The summed E-state index contributed by atoms with van der Waals surface area (Å²) in [6, 6.07) is 3.71. The minimum absolute atomic E-state index is 0.472. The van der Waals surface area contributed by atoms with Gasteiger partial charge in [0, 0.05) is 6.42 Å². The third-order valence-electron chi connectivity index (χ3n) is 2.88. The first-order chi connectivity index (χ1) is 8.58. The molecule has 1 aliphatic heterocycles. The molecule has 0 fully saturated rings. The van der Waals surface area contributed by atoms with Crippen LogP contribution in [0.2, 0.25) is 5.02 Å². The van der Waals surface area contributed by atoms with Crippen molar-refractivity contribution in [2.75, 3.05) is 13.2 Å². The summed E-state index contributed by atoms with van der Waals surface area (Å²) in [6.07, 6.45) is 2.27. The van der Waals surface area contributed by atoms with Crippen molar-refractivity contribution in [2.45, 2.75) is 26.4 Å². The van der Waals surface area contributed by atoms with Gasteiger partial charge in [0.1, 0.15) is 0 Å². The highest BCUT2D eigenvalue weighted by molar-refractivity contribution is 6.32. The minimum Gasteiger partial charge on any atom is -0.489 e. The number of aliphatic hydroxyl groups excluding tert-OH is 1. The molecule has 98 valence electrons. The van der Waals surface area contributed by atoms with E-state index >= 15 is 0 Å². The zero-order chi connectivity index (χ0) is 13.1. The molecular formula is C14H17ClO3. The molecule has 0 saturated carbocycles. The molecule has 3 nitrogen and oxygen atoms in total. The van der Waals surface area contributed by atoms with Gasteiger partial charge < -0.3 is 14.6 Å². The lowest BCUT2D eigenvalue weighted by atomic mass is 10.1. The quantitative estimate of drug-likeness (QED) is 0.895. The van der Waals surface area contributed by atoms with Crippen LogP contribution in [0.1, 0.15) is 25.8 Å². The molecule has 0 amide bonds. The largest absolute Gasteiger partial charge is 0.489 e. The summed E-state index contributed by atoms with van der Waals surface area (Å²) in [4.78, 5) is 0. The summed E-state index contributed by atoms with van der Waals surface area (Å²) in [5.74, 6) is 1.28. The Morgan fingerprint density at radius 3 is 2.83 bits per heavy atom. The summed E-state index contributed by atoms with van der Waals surface area (Å²) >= 11 is 6.19. The maximum absolute atomic E-state index is 9.48. The molecule has 1 atom stereocenters. The van der Waals surface area contributed by atoms with Crippen molar-refractivity contribution in [2.24, 2.45) is 0 Å². The smallest absolute Gasteiger partial charge is 0.179 e. The maximum atomic E-state index is 9.48. The van der Waals surface area contributed by atoms with E-state index in [0.29, 0.717) is 29.7 Å². The van der Waals surface area contributed by atoms with Crippen LogP contribution in [-0.4, -0.2) is 24.4 Å². The Balaban J connectivity index is 2.37. The van der Waals surface area contributed by atoms with E-state index in [4.69, 9.17) is 21.1 Å². The molecule has 0 bridgehead atoms. The van der Waals surface area contributed by atoms with Gasteiger partial charge in [-0.1, -0.05) is 17.7 Å². The van der Waals surface area contributed by atoms with E-state index in [0.717, 1.165) is 17.6 Å². The normalized spacial score (nSPS) is 17.2. The molecule has 1 aromatic rings. The molecule has 1 N–H and O–H groups in total. The van der Waals surface area contributed by atoms with Crippen LogP contribution < -0.4 is 9.47 Å². The van der Waals surface area contributed by atoms with Crippen LogP contribution >= 0.6 is 11.6 Å². The van der Waals surface area contributed by atoms with Crippen molar-refractivity contribution >= 4 is 17.7 Å². The summed E-state index contributed by atoms with van der Waals surface area (Å²) < 4.78 is 11.2. The van der Waals surface area contributed by atoms with E-state index in [1.807, 2.05) is 25.1 Å². The van der Waals surface area contributed by atoms with Gasteiger partial charge in [0.15, 0.2) is 11.5 Å². The Hall–Kier alpha value is -1.19. The monoisotopic (exact) mass is 268 g/mol. The number of rotatable bonds is 2. The van der Waals surface area contributed by atoms with Crippen LogP contribution in [0.25, 0.3) is 6.08 Å². The molecule has 0 spiro atoms. The standard InChI is InChI=1S/C14H17ClO3/c1-9(10(2)16)6-11-7-12(15)14-13(8-11)17-4-3-5-18-14/h6-8,10,16H,3-5H2,1-2H3/b9-6+. The fraction of sp³-hybridized carbons (Fsp3) is 0.429. The zero-order valence-electron chi connectivity index (χ0n) is 10.6. The van der Waals surface area contributed by atoms with E-state index in [1.165, 1.54) is 0 Å². The first-order valence-electron chi connectivity index (χ1n) is 6.03. The van der Waals surface area contributed by atoms with Crippen LogP contribution in [-0.2, 0) is 0 Å². The molecule has 2 rings (SSSR count). The number of fused-ring (bicyclic) bond motifs is 1. The summed E-state index contributed by atoms with van der Waals surface area (Å²) in [7, 11) is 0. The minimum atomic E-state index is -0.472. The Labute approximate surface area is 112 Å². The van der Waals surface area contributed by atoms with Crippen molar-refractivity contribution < 1.29 is 14.6 Å². The Kier molecular flexibility index (Phi) is 4.15. The summed E-state index contributed by atoms with van der Waals surface area (Å²) in [6.45, 7) is 4.86. The van der Waals surface area contributed by atoms with Crippen LogP contribution in [0.15, 0.2) is 17.7 Å². The molecule has 1 aliphatic rings. The SMILES string of the molecule is C/C(=C\c1cc(Cl)c2c(c1)OCCCO2)C(C)O.